The van der Waals surface area contributed by atoms with Crippen molar-refractivity contribution in [2.45, 2.75) is 6.10 Å². The molecule has 0 saturated carbocycles. The van der Waals surface area contributed by atoms with Gasteiger partial charge in [-0.2, -0.15) is 0 Å². The van der Waals surface area contributed by atoms with Crippen LogP contribution in [0.2, 0.25) is 5.02 Å². The molecule has 0 aliphatic rings. The molecule has 1 heterocycles. The van der Waals surface area contributed by atoms with Crippen LogP contribution in [0, 0.1) is 0 Å². The Balaban J connectivity index is 1.97. The molecule has 100 valence electrons. The van der Waals surface area contributed by atoms with Crippen LogP contribution in [0.5, 0.6) is 0 Å². The number of rotatable bonds is 4. The van der Waals surface area contributed by atoms with Gasteiger partial charge in [-0.05, 0) is 6.07 Å². The molecule has 0 bridgehead atoms. The van der Waals surface area contributed by atoms with Crippen LogP contribution in [-0.2, 0) is 0 Å². The van der Waals surface area contributed by atoms with Gasteiger partial charge in [0.05, 0.1) is 6.10 Å². The third-order valence-corrected chi connectivity index (χ3v) is 2.78. The summed E-state index contributed by atoms with van der Waals surface area (Å²) in [5.74, 6) is -0.735. The van der Waals surface area contributed by atoms with Crippen LogP contribution in [0.1, 0.15) is 22.3 Å². The molecular weight excluding hydrogens is 272 g/mol. The van der Waals surface area contributed by atoms with Crippen molar-refractivity contribution in [2.75, 3.05) is 6.54 Å². The summed E-state index contributed by atoms with van der Waals surface area (Å²) in [4.78, 5) is 24.6. The molecule has 1 unspecified atom stereocenters. The van der Waals surface area contributed by atoms with Gasteiger partial charge in [-0.15, -0.1) is 5.10 Å². The van der Waals surface area contributed by atoms with E-state index in [4.69, 9.17) is 11.6 Å². The molecule has 8 heteroatoms. The number of aromatic amines is 2. The third kappa shape index (κ3) is 3.21. The van der Waals surface area contributed by atoms with Gasteiger partial charge in [-0.25, -0.2) is 9.89 Å². The van der Waals surface area contributed by atoms with Crippen LogP contribution in [0.15, 0.2) is 29.1 Å². The summed E-state index contributed by atoms with van der Waals surface area (Å²) in [5, 5.41) is 18.3. The number of nitrogens with one attached hydrogen (secondary N) is 3. The molecule has 0 aliphatic heterocycles. The first kappa shape index (κ1) is 13.3. The minimum absolute atomic E-state index is 0.0442. The van der Waals surface area contributed by atoms with Crippen molar-refractivity contribution in [3.8, 4) is 0 Å². The first-order valence-corrected chi connectivity index (χ1v) is 5.81. The number of amides is 1. The topological polar surface area (TPSA) is 111 Å². The molecule has 0 fully saturated rings. The van der Waals surface area contributed by atoms with Gasteiger partial charge in [0.25, 0.3) is 5.91 Å². The highest BCUT2D eigenvalue weighted by Gasteiger charge is 2.14. The van der Waals surface area contributed by atoms with Gasteiger partial charge >= 0.3 is 5.69 Å². The number of hydrogen-bond acceptors (Lipinski definition) is 4. The number of H-pyrrole nitrogens is 2. The van der Waals surface area contributed by atoms with Crippen molar-refractivity contribution in [3.05, 3.63) is 51.2 Å². The second-order valence-electron chi connectivity index (χ2n) is 3.77. The summed E-state index contributed by atoms with van der Waals surface area (Å²) in [6, 6.07) is 6.78. The molecule has 1 aromatic heterocycles. The number of hydrogen-bond donors (Lipinski definition) is 4. The predicted octanol–water partition coefficient (Wildman–Crippen LogP) is 0.215. The maximum Gasteiger partial charge on any atom is 0.341 e. The number of aliphatic hydroxyl groups is 1. The Kier molecular flexibility index (Phi) is 3.98. The van der Waals surface area contributed by atoms with Crippen LogP contribution in [0.4, 0.5) is 0 Å². The van der Waals surface area contributed by atoms with E-state index in [0.29, 0.717) is 10.6 Å². The molecule has 1 atom stereocenters. The molecule has 4 N–H and O–H groups in total. The fourth-order valence-corrected chi connectivity index (χ4v) is 1.77. The largest absolute Gasteiger partial charge is 0.387 e. The second kappa shape index (κ2) is 5.68. The average Bonchev–Trinajstić information content (AvgIpc) is 2.83. The lowest BCUT2D eigenvalue weighted by atomic mass is 10.1. The van der Waals surface area contributed by atoms with Gasteiger partial charge in [0.15, 0.2) is 0 Å². The van der Waals surface area contributed by atoms with Crippen LogP contribution < -0.4 is 11.0 Å². The number of aromatic nitrogens is 3. The van der Waals surface area contributed by atoms with E-state index in [-0.39, 0.29) is 12.4 Å². The Bertz CT molecular complexity index is 637. The second-order valence-corrected chi connectivity index (χ2v) is 4.18. The molecule has 0 aliphatic carbocycles. The molecule has 19 heavy (non-hydrogen) atoms. The average molecular weight is 283 g/mol. The van der Waals surface area contributed by atoms with Crippen LogP contribution >= 0.6 is 11.6 Å². The maximum absolute atomic E-state index is 11.6. The lowest BCUT2D eigenvalue weighted by molar-refractivity contribution is 0.0906. The van der Waals surface area contributed by atoms with E-state index in [1.165, 1.54) is 0 Å². The van der Waals surface area contributed by atoms with Crippen LogP contribution in [0.25, 0.3) is 0 Å². The van der Waals surface area contributed by atoms with Gasteiger partial charge in [-0.3, -0.25) is 9.78 Å². The fraction of sp³-hybridized carbons (Fsp3) is 0.182. The summed E-state index contributed by atoms with van der Waals surface area (Å²) >= 11 is 5.92. The SMILES string of the molecule is O=C(NCC(O)c1ccccc1Cl)c1n[nH]c(=O)[nH]1. The summed E-state index contributed by atoms with van der Waals surface area (Å²) in [6.07, 6.45) is -0.941. The zero-order valence-electron chi connectivity index (χ0n) is 9.68. The molecule has 2 aromatic rings. The van der Waals surface area contributed by atoms with E-state index in [9.17, 15) is 14.7 Å². The number of nitrogens with zero attached hydrogens (tertiary/aromatic N) is 1. The minimum Gasteiger partial charge on any atom is -0.387 e. The molecular formula is C11H11ClN4O3. The predicted molar refractivity (Wildman–Crippen MR) is 68.0 cm³/mol. The van der Waals surface area contributed by atoms with E-state index in [1.807, 2.05) is 0 Å². The summed E-state index contributed by atoms with van der Waals surface area (Å²) in [5.41, 5.74) is -0.0585. The van der Waals surface area contributed by atoms with E-state index in [0.717, 1.165) is 0 Å². The molecule has 2 rings (SSSR count). The quantitative estimate of drug-likeness (QED) is 0.642. The van der Waals surface area contributed by atoms with Crippen LogP contribution in [0.3, 0.4) is 0 Å². The van der Waals surface area contributed by atoms with Crippen LogP contribution in [-0.4, -0.2) is 32.7 Å². The van der Waals surface area contributed by atoms with Gasteiger partial charge in [0, 0.05) is 17.1 Å². The normalized spacial score (nSPS) is 12.1. The number of carbonyl (C=O) groups is 1. The molecule has 1 aromatic carbocycles. The third-order valence-electron chi connectivity index (χ3n) is 2.44. The summed E-state index contributed by atoms with van der Waals surface area (Å²) in [7, 11) is 0. The minimum atomic E-state index is -0.941. The molecule has 7 nitrogen and oxygen atoms in total. The first-order valence-electron chi connectivity index (χ1n) is 5.43. The Morgan fingerprint density at radius 1 is 1.47 bits per heavy atom. The van der Waals surface area contributed by atoms with Crippen molar-refractivity contribution in [1.29, 1.82) is 0 Å². The first-order chi connectivity index (χ1) is 9.08. The highest BCUT2D eigenvalue weighted by Crippen LogP contribution is 2.21. The van der Waals surface area contributed by atoms with Gasteiger partial charge in [-0.1, -0.05) is 29.8 Å². The standard InChI is InChI=1S/C11H11ClN4O3/c12-7-4-2-1-3-6(7)8(17)5-13-10(18)9-14-11(19)16-15-9/h1-4,8,17H,5H2,(H,13,18)(H2,14,15,16,19). The van der Waals surface area contributed by atoms with Crippen molar-refractivity contribution < 1.29 is 9.90 Å². The maximum atomic E-state index is 11.6. The Morgan fingerprint density at radius 3 is 2.84 bits per heavy atom. The highest BCUT2D eigenvalue weighted by atomic mass is 35.5. The molecule has 0 saturated heterocycles. The zero-order valence-corrected chi connectivity index (χ0v) is 10.4. The van der Waals surface area contributed by atoms with Gasteiger partial charge in [0.1, 0.15) is 0 Å². The lowest BCUT2D eigenvalue weighted by Crippen LogP contribution is -2.29. The van der Waals surface area contributed by atoms with Crippen molar-refractivity contribution >= 4 is 17.5 Å². The highest BCUT2D eigenvalue weighted by molar-refractivity contribution is 6.31. The number of aliphatic hydroxyl groups excluding tert-OH is 1. The van der Waals surface area contributed by atoms with Crippen molar-refractivity contribution in [3.63, 3.8) is 0 Å². The van der Waals surface area contributed by atoms with Crippen molar-refractivity contribution in [1.82, 2.24) is 20.5 Å². The smallest absolute Gasteiger partial charge is 0.341 e. The van der Waals surface area contributed by atoms with E-state index in [1.54, 1.807) is 24.3 Å². The summed E-state index contributed by atoms with van der Waals surface area (Å²) in [6.45, 7) is -0.0442. The number of halogens is 1. The van der Waals surface area contributed by atoms with E-state index < -0.39 is 17.7 Å². The lowest BCUT2D eigenvalue weighted by Gasteiger charge is -2.12. The Labute approximate surface area is 112 Å². The fourth-order valence-electron chi connectivity index (χ4n) is 1.51. The van der Waals surface area contributed by atoms with Crippen molar-refractivity contribution in [2.24, 2.45) is 0 Å². The summed E-state index contributed by atoms with van der Waals surface area (Å²) < 4.78 is 0. The Hall–Kier alpha value is -2.12. The molecule has 0 spiro atoms. The molecule has 1 amide bonds. The number of benzene rings is 1. The monoisotopic (exact) mass is 282 g/mol. The van der Waals surface area contributed by atoms with E-state index in [2.05, 4.69) is 20.5 Å². The number of carbonyl (C=O) groups excluding carboxylic acids is 1. The van der Waals surface area contributed by atoms with E-state index >= 15 is 0 Å². The van der Waals surface area contributed by atoms with Gasteiger partial charge in [0.2, 0.25) is 5.82 Å². The molecule has 0 radical (unpaired) electrons. The Morgan fingerprint density at radius 2 is 2.21 bits per heavy atom. The zero-order chi connectivity index (χ0) is 13.8. The van der Waals surface area contributed by atoms with Gasteiger partial charge < -0.3 is 10.4 Å².